The summed E-state index contributed by atoms with van der Waals surface area (Å²) in [5, 5.41) is 2.73. The molecule has 0 aliphatic carbocycles. The summed E-state index contributed by atoms with van der Waals surface area (Å²) in [5.41, 5.74) is 6.62. The minimum Gasteiger partial charge on any atom is -0.389 e. The molecule has 0 saturated heterocycles. The van der Waals surface area contributed by atoms with E-state index >= 15 is 0 Å². The molecule has 6 heteroatoms. The number of amides is 1. The normalized spacial score (nSPS) is 11.2. The summed E-state index contributed by atoms with van der Waals surface area (Å²) in [7, 11) is 0. The van der Waals surface area contributed by atoms with E-state index in [9.17, 15) is 4.79 Å². The lowest BCUT2D eigenvalue weighted by Crippen LogP contribution is -2.24. The molecule has 0 aliphatic rings. The molecular weight excluding hydrogens is 288 g/mol. The molecule has 0 heterocycles. The maximum atomic E-state index is 11.8. The molecule has 0 atom stereocenters. The number of carbonyl (C=O) groups is 1. The van der Waals surface area contributed by atoms with Crippen LogP contribution in [0.2, 0.25) is 0 Å². The highest BCUT2D eigenvalue weighted by Gasteiger charge is 2.10. The highest BCUT2D eigenvalue weighted by atomic mass is 32.1. The number of nitrogens with two attached hydrogens (primary N) is 1. The Morgan fingerprint density at radius 2 is 1.95 bits per heavy atom. The van der Waals surface area contributed by atoms with Gasteiger partial charge in [-0.3, -0.25) is 4.79 Å². The summed E-state index contributed by atoms with van der Waals surface area (Å²) in [6.45, 7) is 6.66. The Morgan fingerprint density at radius 3 is 2.57 bits per heavy atom. The van der Waals surface area contributed by atoms with E-state index in [1.165, 1.54) is 0 Å². The van der Waals surface area contributed by atoms with Crippen LogP contribution >= 0.6 is 12.2 Å². The highest BCUT2D eigenvalue weighted by molar-refractivity contribution is 7.80. The average Bonchev–Trinajstić information content (AvgIpc) is 2.37. The molecule has 0 aromatic heterocycles. The summed E-state index contributed by atoms with van der Waals surface area (Å²) in [6.07, 6.45) is 0. The van der Waals surface area contributed by atoms with Gasteiger partial charge in [0, 0.05) is 5.56 Å². The molecule has 0 fully saturated rings. The van der Waals surface area contributed by atoms with Crippen LogP contribution in [0.5, 0.6) is 0 Å². The third-order valence-electron chi connectivity index (χ3n) is 2.46. The number of benzene rings is 1. The van der Waals surface area contributed by atoms with Crippen LogP contribution in [-0.2, 0) is 14.3 Å². The van der Waals surface area contributed by atoms with Gasteiger partial charge in [0.15, 0.2) is 0 Å². The molecule has 0 radical (unpaired) electrons. The molecule has 21 heavy (non-hydrogen) atoms. The Bertz CT molecular complexity index is 498. The molecular formula is C15H22N2O3S. The predicted octanol–water partition coefficient (Wildman–Crippen LogP) is 2.09. The Hall–Kier alpha value is -1.50. The minimum atomic E-state index is -0.255. The van der Waals surface area contributed by atoms with Gasteiger partial charge in [-0.15, -0.1) is 0 Å². The van der Waals surface area contributed by atoms with Crippen molar-refractivity contribution in [3.63, 3.8) is 0 Å². The van der Waals surface area contributed by atoms with E-state index in [0.717, 1.165) is 0 Å². The van der Waals surface area contributed by atoms with E-state index in [1.54, 1.807) is 18.2 Å². The molecule has 0 bridgehead atoms. The lowest BCUT2D eigenvalue weighted by Gasteiger charge is -2.19. The first-order valence-electron chi connectivity index (χ1n) is 6.70. The standard InChI is InChI=1S/C15H22N2O3S/c1-15(2,3)20-9-8-19-10-13(18)17-12-7-5-4-6-11(12)14(16)21/h4-7H,8-10H2,1-3H3,(H2,16,21)(H,17,18). The SMILES string of the molecule is CC(C)(C)OCCOCC(=O)Nc1ccccc1C(N)=S. The van der Waals surface area contributed by atoms with Crippen LogP contribution in [0, 0.1) is 0 Å². The molecule has 1 aromatic rings. The number of thiocarbonyl (C=S) groups is 1. The second-order valence-electron chi connectivity index (χ2n) is 5.47. The minimum absolute atomic E-state index is 0.0425. The molecule has 116 valence electrons. The average molecular weight is 310 g/mol. The van der Waals surface area contributed by atoms with E-state index in [-0.39, 0.29) is 23.1 Å². The molecule has 5 nitrogen and oxygen atoms in total. The fraction of sp³-hybridized carbons (Fsp3) is 0.467. The lowest BCUT2D eigenvalue weighted by molar-refractivity contribution is -0.121. The fourth-order valence-corrected chi connectivity index (χ4v) is 1.74. The van der Waals surface area contributed by atoms with Gasteiger partial charge in [-0.05, 0) is 32.9 Å². The van der Waals surface area contributed by atoms with E-state index in [0.29, 0.717) is 24.5 Å². The van der Waals surface area contributed by atoms with Gasteiger partial charge >= 0.3 is 0 Å². The zero-order valence-electron chi connectivity index (χ0n) is 12.6. The van der Waals surface area contributed by atoms with E-state index in [2.05, 4.69) is 5.32 Å². The maximum absolute atomic E-state index is 11.8. The first-order chi connectivity index (χ1) is 9.79. The quantitative estimate of drug-likeness (QED) is 0.596. The number of hydrogen-bond donors (Lipinski definition) is 2. The largest absolute Gasteiger partial charge is 0.389 e. The Labute approximate surface area is 130 Å². The summed E-state index contributed by atoms with van der Waals surface area (Å²) in [5.74, 6) is -0.255. The van der Waals surface area contributed by atoms with Crippen LogP contribution < -0.4 is 11.1 Å². The Balaban J connectivity index is 2.36. The van der Waals surface area contributed by atoms with Gasteiger partial charge in [-0.2, -0.15) is 0 Å². The van der Waals surface area contributed by atoms with Gasteiger partial charge in [0.1, 0.15) is 11.6 Å². The second kappa shape index (κ2) is 8.07. The van der Waals surface area contributed by atoms with Crippen molar-refractivity contribution in [3.8, 4) is 0 Å². The van der Waals surface area contributed by atoms with E-state index < -0.39 is 0 Å². The molecule has 0 spiro atoms. The predicted molar refractivity (Wildman–Crippen MR) is 87.5 cm³/mol. The summed E-state index contributed by atoms with van der Waals surface area (Å²) in [6, 6.07) is 7.12. The fourth-order valence-electron chi connectivity index (χ4n) is 1.56. The maximum Gasteiger partial charge on any atom is 0.250 e. The van der Waals surface area contributed by atoms with Crippen molar-refractivity contribution in [2.75, 3.05) is 25.1 Å². The van der Waals surface area contributed by atoms with Gasteiger partial charge in [-0.25, -0.2) is 0 Å². The van der Waals surface area contributed by atoms with Gasteiger partial charge < -0.3 is 20.5 Å². The third-order valence-corrected chi connectivity index (χ3v) is 2.68. The van der Waals surface area contributed by atoms with Crippen molar-refractivity contribution < 1.29 is 14.3 Å². The summed E-state index contributed by atoms with van der Waals surface area (Å²) < 4.78 is 10.8. The highest BCUT2D eigenvalue weighted by Crippen LogP contribution is 2.14. The number of para-hydroxylation sites is 1. The zero-order chi connectivity index (χ0) is 15.9. The first kappa shape index (κ1) is 17.6. The van der Waals surface area contributed by atoms with E-state index in [4.69, 9.17) is 27.4 Å². The second-order valence-corrected chi connectivity index (χ2v) is 5.91. The van der Waals surface area contributed by atoms with Crippen molar-refractivity contribution in [2.45, 2.75) is 26.4 Å². The van der Waals surface area contributed by atoms with Crippen molar-refractivity contribution >= 4 is 28.8 Å². The summed E-state index contributed by atoms with van der Waals surface area (Å²) >= 11 is 4.94. The van der Waals surface area contributed by atoms with Gasteiger partial charge in [-0.1, -0.05) is 24.4 Å². The molecule has 1 rings (SSSR count). The Morgan fingerprint density at radius 1 is 1.29 bits per heavy atom. The van der Waals surface area contributed by atoms with Crippen molar-refractivity contribution in [1.82, 2.24) is 0 Å². The number of rotatable bonds is 7. The molecule has 3 N–H and O–H groups in total. The van der Waals surface area contributed by atoms with Crippen LogP contribution in [0.15, 0.2) is 24.3 Å². The molecule has 1 aromatic carbocycles. The summed E-state index contributed by atoms with van der Waals surface area (Å²) in [4.78, 5) is 12.0. The van der Waals surface area contributed by atoms with Crippen LogP contribution in [0.1, 0.15) is 26.3 Å². The van der Waals surface area contributed by atoms with Crippen LogP contribution in [0.3, 0.4) is 0 Å². The van der Waals surface area contributed by atoms with E-state index in [1.807, 2.05) is 26.8 Å². The number of nitrogens with one attached hydrogen (secondary N) is 1. The number of anilines is 1. The topological polar surface area (TPSA) is 73.6 Å². The monoisotopic (exact) mass is 310 g/mol. The van der Waals surface area contributed by atoms with Gasteiger partial charge in [0.05, 0.1) is 24.5 Å². The van der Waals surface area contributed by atoms with Crippen molar-refractivity contribution in [1.29, 1.82) is 0 Å². The third kappa shape index (κ3) is 7.17. The Kier molecular flexibility index (Phi) is 6.74. The number of carbonyl (C=O) groups excluding carboxylic acids is 1. The lowest BCUT2D eigenvalue weighted by atomic mass is 10.2. The van der Waals surface area contributed by atoms with Crippen LogP contribution in [0.25, 0.3) is 0 Å². The first-order valence-corrected chi connectivity index (χ1v) is 7.11. The number of ether oxygens (including phenoxy) is 2. The number of hydrogen-bond acceptors (Lipinski definition) is 4. The molecule has 0 saturated carbocycles. The molecule has 1 amide bonds. The van der Waals surface area contributed by atoms with Crippen LogP contribution in [0.4, 0.5) is 5.69 Å². The zero-order valence-corrected chi connectivity index (χ0v) is 13.5. The van der Waals surface area contributed by atoms with Gasteiger partial charge in [0.25, 0.3) is 0 Å². The molecule has 0 unspecified atom stereocenters. The van der Waals surface area contributed by atoms with Crippen LogP contribution in [-0.4, -0.2) is 36.3 Å². The van der Waals surface area contributed by atoms with Crippen molar-refractivity contribution in [2.24, 2.45) is 5.73 Å². The molecule has 0 aliphatic heterocycles. The van der Waals surface area contributed by atoms with Crippen molar-refractivity contribution in [3.05, 3.63) is 29.8 Å². The smallest absolute Gasteiger partial charge is 0.250 e. The van der Waals surface area contributed by atoms with Gasteiger partial charge in [0.2, 0.25) is 5.91 Å².